The molecule has 0 spiro atoms. The lowest BCUT2D eigenvalue weighted by Gasteiger charge is -2.21. The van der Waals surface area contributed by atoms with Gasteiger partial charge in [0.2, 0.25) is 5.91 Å². The summed E-state index contributed by atoms with van der Waals surface area (Å²) in [5.74, 6) is -0.502. The molecule has 0 aliphatic carbocycles. The van der Waals surface area contributed by atoms with Crippen molar-refractivity contribution in [2.24, 2.45) is 5.92 Å². The highest BCUT2D eigenvalue weighted by atomic mass is 32.1. The summed E-state index contributed by atoms with van der Waals surface area (Å²) in [5, 5.41) is 10.9. The maximum absolute atomic E-state index is 12.7. The van der Waals surface area contributed by atoms with Gasteiger partial charge in [-0.15, -0.1) is 11.3 Å². The Morgan fingerprint density at radius 1 is 0.821 bits per heavy atom. The molecule has 1 aromatic heterocycles. The first-order chi connectivity index (χ1) is 13.5. The first kappa shape index (κ1) is 19.6. The lowest BCUT2D eigenvalue weighted by molar-refractivity contribution is -0.118. The number of amides is 2. The van der Waals surface area contributed by atoms with Crippen molar-refractivity contribution in [3.8, 4) is 0 Å². The van der Waals surface area contributed by atoms with Crippen LogP contribution in [0.4, 0.5) is 17.1 Å². The van der Waals surface area contributed by atoms with Gasteiger partial charge in [0.25, 0.3) is 5.91 Å². The van der Waals surface area contributed by atoms with Gasteiger partial charge >= 0.3 is 0 Å². The number of rotatable bonds is 7. The van der Waals surface area contributed by atoms with Crippen LogP contribution in [0.3, 0.4) is 0 Å². The third-order valence-electron chi connectivity index (χ3n) is 4.20. The second kappa shape index (κ2) is 9.19. The summed E-state index contributed by atoms with van der Waals surface area (Å²) in [6.07, 6.45) is 0. The quantitative estimate of drug-likeness (QED) is 0.535. The van der Waals surface area contributed by atoms with Crippen LogP contribution in [0.1, 0.15) is 23.5 Å². The lowest BCUT2D eigenvalue weighted by Crippen LogP contribution is -2.46. The molecule has 0 aliphatic heterocycles. The second-order valence-electron chi connectivity index (χ2n) is 6.73. The summed E-state index contributed by atoms with van der Waals surface area (Å²) in [6.45, 7) is 3.82. The number of carbonyl (C=O) groups is 2. The molecule has 1 unspecified atom stereocenters. The minimum atomic E-state index is -0.614. The molecule has 0 aliphatic rings. The summed E-state index contributed by atoms with van der Waals surface area (Å²) < 4.78 is 0. The van der Waals surface area contributed by atoms with Gasteiger partial charge in [0.15, 0.2) is 0 Å². The van der Waals surface area contributed by atoms with Crippen molar-refractivity contribution in [1.82, 2.24) is 5.32 Å². The summed E-state index contributed by atoms with van der Waals surface area (Å²) >= 11 is 1.35. The highest BCUT2D eigenvalue weighted by molar-refractivity contribution is 7.12. The molecule has 0 bridgehead atoms. The van der Waals surface area contributed by atoms with Crippen molar-refractivity contribution in [2.75, 3.05) is 10.6 Å². The molecule has 0 radical (unpaired) electrons. The standard InChI is InChI=1S/C22H23N3O2S/c1-15(2)20(25-21(26)19-9-6-14-28-19)22(27)24-18-12-10-17(11-13-18)23-16-7-4-3-5-8-16/h3-15,20,23H,1-2H3,(H,24,27)(H,25,26). The van der Waals surface area contributed by atoms with Crippen molar-refractivity contribution < 1.29 is 9.59 Å². The van der Waals surface area contributed by atoms with E-state index in [2.05, 4.69) is 16.0 Å². The minimum Gasteiger partial charge on any atom is -0.356 e. The number of para-hydroxylation sites is 1. The van der Waals surface area contributed by atoms with Gasteiger partial charge < -0.3 is 16.0 Å². The molecular formula is C22H23N3O2S. The number of benzene rings is 2. The average Bonchev–Trinajstić information content (AvgIpc) is 3.23. The summed E-state index contributed by atoms with van der Waals surface area (Å²) in [7, 11) is 0. The first-order valence-electron chi connectivity index (χ1n) is 9.10. The third kappa shape index (κ3) is 5.20. The van der Waals surface area contributed by atoms with E-state index in [1.165, 1.54) is 11.3 Å². The second-order valence-corrected chi connectivity index (χ2v) is 7.68. The molecule has 1 atom stereocenters. The van der Waals surface area contributed by atoms with Crippen LogP contribution >= 0.6 is 11.3 Å². The molecule has 3 rings (SSSR count). The van der Waals surface area contributed by atoms with Crippen molar-refractivity contribution in [3.63, 3.8) is 0 Å². The Balaban J connectivity index is 1.62. The van der Waals surface area contributed by atoms with Gasteiger partial charge in [-0.05, 0) is 53.8 Å². The molecule has 2 amide bonds. The molecule has 0 fully saturated rings. The number of thiophene rings is 1. The number of hydrogen-bond donors (Lipinski definition) is 3. The Bertz CT molecular complexity index is 907. The van der Waals surface area contributed by atoms with Gasteiger partial charge in [0.1, 0.15) is 6.04 Å². The number of hydrogen-bond acceptors (Lipinski definition) is 4. The molecule has 3 N–H and O–H groups in total. The fourth-order valence-corrected chi connectivity index (χ4v) is 3.33. The Kier molecular flexibility index (Phi) is 6.45. The van der Waals surface area contributed by atoms with Gasteiger partial charge in [0, 0.05) is 17.1 Å². The smallest absolute Gasteiger partial charge is 0.262 e. The summed E-state index contributed by atoms with van der Waals surface area (Å²) in [5.41, 5.74) is 2.60. The van der Waals surface area contributed by atoms with E-state index < -0.39 is 6.04 Å². The van der Waals surface area contributed by atoms with Crippen LogP contribution in [-0.4, -0.2) is 17.9 Å². The highest BCUT2D eigenvalue weighted by Gasteiger charge is 2.25. The van der Waals surface area contributed by atoms with E-state index in [-0.39, 0.29) is 17.7 Å². The van der Waals surface area contributed by atoms with E-state index in [9.17, 15) is 9.59 Å². The number of nitrogens with one attached hydrogen (secondary N) is 3. The zero-order valence-corrected chi connectivity index (χ0v) is 16.6. The van der Waals surface area contributed by atoms with Gasteiger partial charge in [0.05, 0.1) is 4.88 Å². The van der Waals surface area contributed by atoms with Gasteiger partial charge in [-0.2, -0.15) is 0 Å². The average molecular weight is 394 g/mol. The van der Waals surface area contributed by atoms with Crippen LogP contribution < -0.4 is 16.0 Å². The number of carbonyl (C=O) groups excluding carboxylic acids is 2. The van der Waals surface area contributed by atoms with E-state index in [0.29, 0.717) is 10.6 Å². The zero-order chi connectivity index (χ0) is 19.9. The van der Waals surface area contributed by atoms with E-state index in [1.807, 2.05) is 79.9 Å². The normalized spacial score (nSPS) is 11.7. The Morgan fingerprint density at radius 3 is 2.07 bits per heavy atom. The Hall–Kier alpha value is -3.12. The van der Waals surface area contributed by atoms with Gasteiger partial charge in [-0.3, -0.25) is 9.59 Å². The van der Waals surface area contributed by atoms with E-state index in [0.717, 1.165) is 11.4 Å². The maximum atomic E-state index is 12.7. The van der Waals surface area contributed by atoms with Crippen LogP contribution in [-0.2, 0) is 4.79 Å². The van der Waals surface area contributed by atoms with Crippen LogP contribution in [0.5, 0.6) is 0 Å². The lowest BCUT2D eigenvalue weighted by atomic mass is 10.0. The minimum absolute atomic E-state index is 0.0390. The molecule has 5 nitrogen and oxygen atoms in total. The van der Waals surface area contributed by atoms with Crippen molar-refractivity contribution >= 4 is 40.2 Å². The molecule has 144 valence electrons. The Morgan fingerprint density at radius 2 is 1.46 bits per heavy atom. The van der Waals surface area contributed by atoms with E-state index in [4.69, 9.17) is 0 Å². The largest absolute Gasteiger partial charge is 0.356 e. The summed E-state index contributed by atoms with van der Waals surface area (Å²) in [6, 6.07) is 20.3. The van der Waals surface area contributed by atoms with E-state index in [1.54, 1.807) is 6.07 Å². The van der Waals surface area contributed by atoms with Crippen molar-refractivity contribution in [1.29, 1.82) is 0 Å². The topological polar surface area (TPSA) is 70.2 Å². The molecule has 0 saturated heterocycles. The molecule has 2 aromatic carbocycles. The summed E-state index contributed by atoms with van der Waals surface area (Å²) in [4.78, 5) is 25.6. The van der Waals surface area contributed by atoms with Crippen molar-refractivity contribution in [3.05, 3.63) is 77.0 Å². The predicted octanol–water partition coefficient (Wildman–Crippen LogP) is 4.88. The predicted molar refractivity (Wildman–Crippen MR) is 115 cm³/mol. The monoisotopic (exact) mass is 393 g/mol. The Labute approximate surface area is 168 Å². The fourth-order valence-electron chi connectivity index (χ4n) is 2.70. The molecule has 1 heterocycles. The van der Waals surface area contributed by atoms with Crippen LogP contribution in [0.2, 0.25) is 0 Å². The van der Waals surface area contributed by atoms with Gasteiger partial charge in [-0.25, -0.2) is 0 Å². The molecular weight excluding hydrogens is 370 g/mol. The van der Waals surface area contributed by atoms with Crippen LogP contribution in [0, 0.1) is 5.92 Å². The van der Waals surface area contributed by atoms with Gasteiger partial charge in [-0.1, -0.05) is 38.1 Å². The highest BCUT2D eigenvalue weighted by Crippen LogP contribution is 2.19. The first-order valence-corrected chi connectivity index (χ1v) is 9.98. The molecule has 3 aromatic rings. The SMILES string of the molecule is CC(C)C(NC(=O)c1cccs1)C(=O)Nc1ccc(Nc2ccccc2)cc1. The maximum Gasteiger partial charge on any atom is 0.262 e. The van der Waals surface area contributed by atoms with Crippen molar-refractivity contribution in [2.45, 2.75) is 19.9 Å². The molecule has 6 heteroatoms. The number of anilines is 3. The van der Waals surface area contributed by atoms with Crippen LogP contribution in [0.25, 0.3) is 0 Å². The molecule has 0 saturated carbocycles. The van der Waals surface area contributed by atoms with Crippen LogP contribution in [0.15, 0.2) is 72.1 Å². The van der Waals surface area contributed by atoms with E-state index >= 15 is 0 Å². The fraction of sp³-hybridized carbons (Fsp3) is 0.182. The zero-order valence-electron chi connectivity index (χ0n) is 15.8. The molecule has 28 heavy (non-hydrogen) atoms. The third-order valence-corrected chi connectivity index (χ3v) is 5.06.